The highest BCUT2D eigenvalue weighted by atomic mass is 16.2. The number of fused-ring (bicyclic) bond motifs is 1. The zero-order chi connectivity index (χ0) is 19.5. The van der Waals surface area contributed by atoms with E-state index in [4.69, 9.17) is 0 Å². The van der Waals surface area contributed by atoms with Crippen molar-refractivity contribution in [3.8, 4) is 0 Å². The lowest BCUT2D eigenvalue weighted by Crippen LogP contribution is -2.28. The van der Waals surface area contributed by atoms with E-state index in [0.29, 0.717) is 17.7 Å². The number of hydrogen-bond acceptors (Lipinski definition) is 3. The van der Waals surface area contributed by atoms with Gasteiger partial charge in [0.05, 0.1) is 11.1 Å². The molecule has 1 saturated heterocycles. The van der Waals surface area contributed by atoms with E-state index in [9.17, 15) is 9.59 Å². The molecule has 1 aromatic heterocycles. The Balaban J connectivity index is 1.50. The van der Waals surface area contributed by atoms with Gasteiger partial charge in [0.2, 0.25) is 0 Å². The third kappa shape index (κ3) is 3.74. The van der Waals surface area contributed by atoms with Crippen LogP contribution in [0.3, 0.4) is 0 Å². The average Bonchev–Trinajstić information content (AvgIpc) is 3.26. The Morgan fingerprint density at radius 1 is 1.04 bits per heavy atom. The first kappa shape index (κ1) is 18.2. The number of benzene rings is 2. The van der Waals surface area contributed by atoms with Gasteiger partial charge in [-0.2, -0.15) is 0 Å². The summed E-state index contributed by atoms with van der Waals surface area (Å²) in [6.07, 6.45) is 2.14. The second kappa shape index (κ2) is 7.80. The van der Waals surface area contributed by atoms with Crippen molar-refractivity contribution >= 4 is 22.7 Å². The molecule has 142 valence electrons. The highest BCUT2D eigenvalue weighted by molar-refractivity contribution is 6.06. The SMILES string of the molecule is Cc1cc(C(=O)NCc2cccc(C(=O)N3CCCC3)c2)c2ccccc2n1. The molecule has 5 heteroatoms. The van der Waals surface area contributed by atoms with Crippen LogP contribution in [0.15, 0.2) is 54.6 Å². The van der Waals surface area contributed by atoms with Crippen LogP contribution in [0.25, 0.3) is 10.9 Å². The molecule has 0 aliphatic carbocycles. The fraction of sp³-hybridized carbons (Fsp3) is 0.261. The van der Waals surface area contributed by atoms with Gasteiger partial charge in [0.25, 0.3) is 11.8 Å². The van der Waals surface area contributed by atoms with Crippen molar-refractivity contribution in [1.29, 1.82) is 0 Å². The maximum absolute atomic E-state index is 12.8. The van der Waals surface area contributed by atoms with Crippen LogP contribution in [-0.2, 0) is 6.54 Å². The van der Waals surface area contributed by atoms with Crippen LogP contribution in [0.4, 0.5) is 0 Å². The number of pyridine rings is 1. The van der Waals surface area contributed by atoms with Crippen LogP contribution in [0.5, 0.6) is 0 Å². The summed E-state index contributed by atoms with van der Waals surface area (Å²) in [6, 6.07) is 17.0. The lowest BCUT2D eigenvalue weighted by Gasteiger charge is -2.16. The number of nitrogens with zero attached hydrogens (tertiary/aromatic N) is 2. The number of amides is 2. The number of likely N-dealkylation sites (tertiary alicyclic amines) is 1. The van der Waals surface area contributed by atoms with Gasteiger partial charge in [0.1, 0.15) is 0 Å². The number of carbonyl (C=O) groups excluding carboxylic acids is 2. The van der Waals surface area contributed by atoms with Crippen LogP contribution >= 0.6 is 0 Å². The topological polar surface area (TPSA) is 62.3 Å². The van der Waals surface area contributed by atoms with Gasteiger partial charge >= 0.3 is 0 Å². The number of carbonyl (C=O) groups is 2. The number of aryl methyl sites for hydroxylation is 1. The Kier molecular flexibility index (Phi) is 5.06. The smallest absolute Gasteiger partial charge is 0.253 e. The first-order valence-electron chi connectivity index (χ1n) is 9.64. The molecule has 1 aliphatic heterocycles. The fourth-order valence-electron chi connectivity index (χ4n) is 3.69. The summed E-state index contributed by atoms with van der Waals surface area (Å²) in [7, 11) is 0. The Morgan fingerprint density at radius 2 is 1.82 bits per heavy atom. The van der Waals surface area contributed by atoms with E-state index in [-0.39, 0.29) is 11.8 Å². The fourth-order valence-corrected chi connectivity index (χ4v) is 3.69. The van der Waals surface area contributed by atoms with E-state index in [1.807, 2.05) is 66.4 Å². The molecule has 1 fully saturated rings. The zero-order valence-electron chi connectivity index (χ0n) is 15.9. The maximum Gasteiger partial charge on any atom is 0.253 e. The van der Waals surface area contributed by atoms with Crippen molar-refractivity contribution < 1.29 is 9.59 Å². The second-order valence-corrected chi connectivity index (χ2v) is 7.21. The Morgan fingerprint density at radius 3 is 2.64 bits per heavy atom. The van der Waals surface area contributed by atoms with Gasteiger partial charge < -0.3 is 10.2 Å². The second-order valence-electron chi connectivity index (χ2n) is 7.21. The molecule has 28 heavy (non-hydrogen) atoms. The van der Waals surface area contributed by atoms with Crippen molar-refractivity contribution in [3.05, 3.63) is 77.0 Å². The largest absolute Gasteiger partial charge is 0.348 e. The average molecular weight is 373 g/mol. The molecule has 0 saturated carbocycles. The summed E-state index contributed by atoms with van der Waals surface area (Å²) in [5, 5.41) is 3.82. The maximum atomic E-state index is 12.8. The summed E-state index contributed by atoms with van der Waals surface area (Å²) >= 11 is 0. The van der Waals surface area contributed by atoms with Gasteiger partial charge in [-0.3, -0.25) is 14.6 Å². The molecule has 0 spiro atoms. The van der Waals surface area contributed by atoms with Gasteiger partial charge in [-0.15, -0.1) is 0 Å². The predicted molar refractivity (Wildman–Crippen MR) is 109 cm³/mol. The normalized spacial score (nSPS) is 13.7. The van der Waals surface area contributed by atoms with Gasteiger partial charge in [-0.05, 0) is 49.6 Å². The van der Waals surface area contributed by atoms with Gasteiger partial charge in [-0.1, -0.05) is 30.3 Å². The van der Waals surface area contributed by atoms with Crippen LogP contribution in [0, 0.1) is 6.92 Å². The van der Waals surface area contributed by atoms with Crippen molar-refractivity contribution in [3.63, 3.8) is 0 Å². The van der Waals surface area contributed by atoms with Gasteiger partial charge in [-0.25, -0.2) is 0 Å². The molecule has 2 amide bonds. The highest BCUT2D eigenvalue weighted by Crippen LogP contribution is 2.19. The van der Waals surface area contributed by atoms with Crippen molar-refractivity contribution in [2.75, 3.05) is 13.1 Å². The number of rotatable bonds is 4. The lowest BCUT2D eigenvalue weighted by atomic mass is 10.1. The van der Waals surface area contributed by atoms with E-state index in [2.05, 4.69) is 10.3 Å². The predicted octanol–water partition coefficient (Wildman–Crippen LogP) is 3.71. The molecule has 1 N–H and O–H groups in total. The van der Waals surface area contributed by atoms with Crippen LogP contribution in [-0.4, -0.2) is 34.8 Å². The van der Waals surface area contributed by atoms with Crippen molar-refractivity contribution in [2.45, 2.75) is 26.3 Å². The molecule has 2 aromatic carbocycles. The van der Waals surface area contributed by atoms with Crippen LogP contribution in [0.1, 0.15) is 44.8 Å². The minimum Gasteiger partial charge on any atom is -0.348 e. The molecule has 5 nitrogen and oxygen atoms in total. The molecule has 0 atom stereocenters. The lowest BCUT2D eigenvalue weighted by molar-refractivity contribution is 0.0792. The van der Waals surface area contributed by atoms with Crippen molar-refractivity contribution in [2.24, 2.45) is 0 Å². The zero-order valence-corrected chi connectivity index (χ0v) is 15.9. The molecule has 4 rings (SSSR count). The number of hydrogen-bond donors (Lipinski definition) is 1. The molecule has 0 bridgehead atoms. The number of nitrogens with one attached hydrogen (secondary N) is 1. The molecule has 2 heterocycles. The molecule has 0 radical (unpaired) electrons. The van der Waals surface area contributed by atoms with Crippen LogP contribution < -0.4 is 5.32 Å². The molecular formula is C23H23N3O2. The van der Waals surface area contributed by atoms with Crippen molar-refractivity contribution in [1.82, 2.24) is 15.2 Å². The summed E-state index contributed by atoms with van der Waals surface area (Å²) in [5.74, 6) is -0.0700. The van der Waals surface area contributed by atoms with E-state index in [0.717, 1.165) is 48.1 Å². The Hall–Kier alpha value is -3.21. The minimum absolute atomic E-state index is 0.0708. The molecule has 0 unspecified atom stereocenters. The highest BCUT2D eigenvalue weighted by Gasteiger charge is 2.19. The van der Waals surface area contributed by atoms with Gasteiger partial charge in [0.15, 0.2) is 0 Å². The quantitative estimate of drug-likeness (QED) is 0.758. The molecule has 3 aromatic rings. The summed E-state index contributed by atoms with van der Waals surface area (Å²) in [5.41, 5.74) is 3.83. The number of para-hydroxylation sites is 1. The minimum atomic E-state index is -0.141. The molecular weight excluding hydrogens is 350 g/mol. The monoisotopic (exact) mass is 373 g/mol. The molecule has 1 aliphatic rings. The van der Waals surface area contributed by atoms with E-state index in [1.54, 1.807) is 0 Å². The Bertz CT molecular complexity index is 1040. The van der Waals surface area contributed by atoms with E-state index >= 15 is 0 Å². The van der Waals surface area contributed by atoms with E-state index < -0.39 is 0 Å². The standard InChI is InChI=1S/C23H23N3O2/c1-16-13-20(19-9-2-3-10-21(19)25-16)22(27)24-15-17-7-6-8-18(14-17)23(28)26-11-4-5-12-26/h2-3,6-10,13-14H,4-5,11-12,15H2,1H3,(H,24,27). The number of aromatic nitrogens is 1. The van der Waals surface area contributed by atoms with E-state index in [1.165, 1.54) is 0 Å². The summed E-state index contributed by atoms with van der Waals surface area (Å²) in [4.78, 5) is 31.7. The summed E-state index contributed by atoms with van der Waals surface area (Å²) in [6.45, 7) is 3.91. The first-order valence-corrected chi connectivity index (χ1v) is 9.64. The van der Waals surface area contributed by atoms with Gasteiger partial charge in [0, 0.05) is 36.3 Å². The Labute approximate surface area is 164 Å². The first-order chi connectivity index (χ1) is 13.6. The third-order valence-corrected chi connectivity index (χ3v) is 5.11. The van der Waals surface area contributed by atoms with Crippen LogP contribution in [0.2, 0.25) is 0 Å². The summed E-state index contributed by atoms with van der Waals surface area (Å²) < 4.78 is 0. The third-order valence-electron chi connectivity index (χ3n) is 5.11.